The van der Waals surface area contributed by atoms with Crippen LogP contribution in [0.5, 0.6) is 0 Å². The number of thioether (sulfide) groups is 1. The minimum Gasteiger partial charge on any atom is -0.481 e. The number of ether oxygens (including phenoxy) is 1. The predicted molar refractivity (Wildman–Crippen MR) is 85.5 cm³/mol. The van der Waals surface area contributed by atoms with Gasteiger partial charge in [-0.25, -0.2) is 9.97 Å². The minimum absolute atomic E-state index is 0.102. The van der Waals surface area contributed by atoms with Crippen LogP contribution in [0.25, 0.3) is 10.9 Å². The maximum atomic E-state index is 10.6. The molecule has 1 heterocycles. The van der Waals surface area contributed by atoms with E-state index in [2.05, 4.69) is 25.9 Å². The van der Waals surface area contributed by atoms with Gasteiger partial charge in [0.2, 0.25) is 0 Å². The molecule has 0 atom stereocenters. The lowest BCUT2D eigenvalue weighted by molar-refractivity contribution is -0.136. The molecule has 0 aliphatic heterocycles. The fourth-order valence-corrected chi connectivity index (χ4v) is 3.04. The van der Waals surface area contributed by atoms with Gasteiger partial charge in [-0.1, -0.05) is 15.9 Å². The van der Waals surface area contributed by atoms with Gasteiger partial charge in [0, 0.05) is 22.2 Å². The van der Waals surface area contributed by atoms with Crippen molar-refractivity contribution in [1.29, 1.82) is 0 Å². The number of carboxylic acids is 1. The summed E-state index contributed by atoms with van der Waals surface area (Å²) in [5.74, 6) is 0.281. The van der Waals surface area contributed by atoms with E-state index in [-0.39, 0.29) is 6.42 Å². The van der Waals surface area contributed by atoms with Crippen LogP contribution in [0, 0.1) is 0 Å². The molecular weight excluding hydrogens is 356 g/mol. The third kappa shape index (κ3) is 4.66. The molecular formula is C14H15BrN2O3S. The molecule has 0 radical (unpaired) electrons. The average Bonchev–Trinajstić information content (AvgIpc) is 2.45. The first-order valence-corrected chi connectivity index (χ1v) is 8.26. The molecule has 2 aromatic rings. The highest BCUT2D eigenvalue weighted by Gasteiger charge is 2.10. The molecule has 0 bridgehead atoms. The van der Waals surface area contributed by atoms with Gasteiger partial charge in [0.1, 0.15) is 11.6 Å². The Hall–Kier alpha value is -1.18. The highest BCUT2D eigenvalue weighted by molar-refractivity contribution is 9.10. The lowest BCUT2D eigenvalue weighted by Gasteiger charge is -2.08. The van der Waals surface area contributed by atoms with Crippen LogP contribution in [0.2, 0.25) is 0 Å². The Morgan fingerprint density at radius 1 is 1.43 bits per heavy atom. The summed E-state index contributed by atoms with van der Waals surface area (Å²) in [5.41, 5.74) is 0.834. The second-order valence-corrected chi connectivity index (χ2v) is 6.24. The Bertz CT molecular complexity index is 651. The molecule has 112 valence electrons. The zero-order chi connectivity index (χ0) is 15.2. The van der Waals surface area contributed by atoms with Crippen LogP contribution in [0.15, 0.2) is 27.7 Å². The van der Waals surface area contributed by atoms with Crippen molar-refractivity contribution in [3.8, 4) is 0 Å². The van der Waals surface area contributed by atoms with E-state index in [9.17, 15) is 4.79 Å². The smallest absolute Gasteiger partial charge is 0.304 e. The number of aliphatic carboxylic acids is 1. The summed E-state index contributed by atoms with van der Waals surface area (Å²) in [6.45, 7) is 2.87. The molecule has 0 amide bonds. The van der Waals surface area contributed by atoms with Crippen molar-refractivity contribution < 1.29 is 14.6 Å². The number of fused-ring (bicyclic) bond motifs is 1. The molecule has 5 nitrogen and oxygen atoms in total. The van der Waals surface area contributed by atoms with E-state index >= 15 is 0 Å². The van der Waals surface area contributed by atoms with E-state index in [1.807, 2.05) is 25.1 Å². The predicted octanol–water partition coefficient (Wildman–Crippen LogP) is 3.50. The van der Waals surface area contributed by atoms with Gasteiger partial charge in [-0.05, 0) is 25.1 Å². The maximum absolute atomic E-state index is 10.6. The van der Waals surface area contributed by atoms with Crippen LogP contribution >= 0.6 is 27.7 Å². The Labute approximate surface area is 135 Å². The highest BCUT2D eigenvalue weighted by Crippen LogP contribution is 2.28. The summed E-state index contributed by atoms with van der Waals surface area (Å²) in [4.78, 5) is 19.6. The van der Waals surface area contributed by atoms with E-state index in [4.69, 9.17) is 9.84 Å². The van der Waals surface area contributed by atoms with Gasteiger partial charge in [-0.15, -0.1) is 11.8 Å². The summed E-state index contributed by atoms with van der Waals surface area (Å²) in [7, 11) is 0. The third-order valence-corrected chi connectivity index (χ3v) is 4.15. The Kier molecular flexibility index (Phi) is 5.96. The number of carboxylic acid groups (broad SMARTS) is 1. The molecule has 0 aliphatic carbocycles. The number of hydrogen-bond acceptors (Lipinski definition) is 5. The van der Waals surface area contributed by atoms with Gasteiger partial charge >= 0.3 is 5.97 Å². The maximum Gasteiger partial charge on any atom is 0.304 e. The topological polar surface area (TPSA) is 72.3 Å². The molecule has 1 aromatic heterocycles. The summed E-state index contributed by atoms with van der Waals surface area (Å²) < 4.78 is 6.29. The molecule has 0 spiro atoms. The number of benzene rings is 1. The molecule has 0 aliphatic rings. The summed E-state index contributed by atoms with van der Waals surface area (Å²) in [6, 6.07) is 5.78. The monoisotopic (exact) mass is 370 g/mol. The first-order valence-electron chi connectivity index (χ1n) is 6.48. The van der Waals surface area contributed by atoms with Crippen LogP contribution in [0.3, 0.4) is 0 Å². The number of carbonyl (C=O) groups is 1. The van der Waals surface area contributed by atoms with Gasteiger partial charge < -0.3 is 9.84 Å². The van der Waals surface area contributed by atoms with Gasteiger partial charge in [0.15, 0.2) is 5.82 Å². The normalized spacial score (nSPS) is 11.0. The molecule has 2 rings (SSSR count). The Morgan fingerprint density at radius 2 is 2.24 bits per heavy atom. The van der Waals surface area contributed by atoms with Crippen LogP contribution in [0.1, 0.15) is 19.2 Å². The Morgan fingerprint density at radius 3 is 2.95 bits per heavy atom. The Balaban J connectivity index is 2.32. The second-order valence-electron chi connectivity index (χ2n) is 4.24. The van der Waals surface area contributed by atoms with E-state index in [0.717, 1.165) is 20.4 Å². The molecule has 0 saturated carbocycles. The summed E-state index contributed by atoms with van der Waals surface area (Å²) in [6.07, 6.45) is 0.102. The van der Waals surface area contributed by atoms with Crippen LogP contribution in [-0.2, 0) is 16.1 Å². The van der Waals surface area contributed by atoms with E-state index in [0.29, 0.717) is 24.8 Å². The van der Waals surface area contributed by atoms with E-state index in [1.165, 1.54) is 11.8 Å². The molecule has 0 fully saturated rings. The van der Waals surface area contributed by atoms with Crippen molar-refractivity contribution in [3.63, 3.8) is 0 Å². The van der Waals surface area contributed by atoms with Gasteiger partial charge in [-0.3, -0.25) is 4.79 Å². The summed E-state index contributed by atoms with van der Waals surface area (Å²) >= 11 is 4.86. The standard InChI is InChI=1S/C14H15BrN2O3S/c1-2-20-8-12-16-11-4-3-9(15)7-10(11)14(17-12)21-6-5-13(18)19/h3-4,7H,2,5-6,8H2,1H3,(H,18,19). The zero-order valence-corrected chi connectivity index (χ0v) is 13.9. The van der Waals surface area contributed by atoms with Crippen LogP contribution < -0.4 is 0 Å². The molecule has 1 aromatic carbocycles. The number of hydrogen-bond donors (Lipinski definition) is 1. The van der Waals surface area contributed by atoms with Crippen molar-refractivity contribution >= 4 is 44.6 Å². The van der Waals surface area contributed by atoms with Crippen molar-refractivity contribution in [2.75, 3.05) is 12.4 Å². The van der Waals surface area contributed by atoms with Gasteiger partial charge in [0.25, 0.3) is 0 Å². The number of aromatic nitrogens is 2. The highest BCUT2D eigenvalue weighted by atomic mass is 79.9. The first kappa shape index (κ1) is 16.2. The molecule has 1 N–H and O–H groups in total. The van der Waals surface area contributed by atoms with Crippen LogP contribution in [-0.4, -0.2) is 33.4 Å². The lowest BCUT2D eigenvalue weighted by atomic mass is 10.2. The van der Waals surface area contributed by atoms with Crippen molar-refractivity contribution in [2.24, 2.45) is 0 Å². The number of nitrogens with zero attached hydrogens (tertiary/aromatic N) is 2. The van der Waals surface area contributed by atoms with Gasteiger partial charge in [-0.2, -0.15) is 0 Å². The molecule has 21 heavy (non-hydrogen) atoms. The quantitative estimate of drug-likeness (QED) is 0.593. The fourth-order valence-electron chi connectivity index (χ4n) is 1.72. The van der Waals surface area contributed by atoms with Crippen molar-refractivity contribution in [1.82, 2.24) is 9.97 Å². The lowest BCUT2D eigenvalue weighted by Crippen LogP contribution is -2.02. The average molecular weight is 371 g/mol. The minimum atomic E-state index is -0.809. The largest absolute Gasteiger partial charge is 0.481 e. The third-order valence-electron chi connectivity index (χ3n) is 2.66. The van der Waals surface area contributed by atoms with Crippen molar-refractivity contribution in [2.45, 2.75) is 25.0 Å². The second kappa shape index (κ2) is 7.72. The van der Waals surface area contributed by atoms with E-state index < -0.39 is 5.97 Å². The number of halogens is 1. The molecule has 0 unspecified atom stereocenters. The zero-order valence-electron chi connectivity index (χ0n) is 11.5. The van der Waals surface area contributed by atoms with E-state index in [1.54, 1.807) is 0 Å². The van der Waals surface area contributed by atoms with Crippen LogP contribution in [0.4, 0.5) is 0 Å². The summed E-state index contributed by atoms with van der Waals surface area (Å²) in [5, 5.41) is 10.5. The molecule has 7 heteroatoms. The SMILES string of the molecule is CCOCc1nc(SCCC(=O)O)c2cc(Br)ccc2n1. The first-order chi connectivity index (χ1) is 10.1. The fraction of sp³-hybridized carbons (Fsp3) is 0.357. The number of rotatable bonds is 7. The molecule has 0 saturated heterocycles. The van der Waals surface area contributed by atoms with Gasteiger partial charge in [0.05, 0.1) is 11.9 Å². The van der Waals surface area contributed by atoms with Crippen molar-refractivity contribution in [3.05, 3.63) is 28.5 Å².